The van der Waals surface area contributed by atoms with Crippen LogP contribution in [-0.4, -0.2) is 40.2 Å². The maximum absolute atomic E-state index is 10.3. The zero-order valence-electron chi connectivity index (χ0n) is 10.3. The zero-order chi connectivity index (χ0) is 13.3. The van der Waals surface area contributed by atoms with Crippen molar-refractivity contribution >= 4 is 15.5 Å². The Kier molecular flexibility index (Phi) is 9.84. The summed E-state index contributed by atoms with van der Waals surface area (Å²) in [6.45, 7) is 7.53. The molecule has 0 fully saturated rings. The van der Waals surface area contributed by atoms with Gasteiger partial charge in [-0.2, -0.15) is 0 Å². The second-order valence-corrected chi connectivity index (χ2v) is 7.94. The van der Waals surface area contributed by atoms with Crippen LogP contribution in [0, 0.1) is 0 Å². The Morgan fingerprint density at radius 1 is 0.938 bits per heavy atom. The van der Waals surface area contributed by atoms with Gasteiger partial charge in [0.05, 0.1) is 0 Å². The molecule has 0 aliphatic rings. The molecule has 0 amide bonds. The Morgan fingerprint density at radius 3 is 1.38 bits per heavy atom. The van der Waals surface area contributed by atoms with E-state index in [1.807, 2.05) is 0 Å². The van der Waals surface area contributed by atoms with E-state index in [1.54, 1.807) is 27.7 Å². The van der Waals surface area contributed by atoms with Gasteiger partial charge in [0, 0.05) is 4.57 Å². The molecule has 0 rings (SSSR count). The molecule has 6 nitrogen and oxygen atoms in total. The topological polar surface area (TPSA) is 96.2 Å². The number of hydrogen-bond acceptors (Lipinski definition) is 6. The first kappa shape index (κ1) is 18.7. The first-order valence-corrected chi connectivity index (χ1v) is 8.75. The van der Waals surface area contributed by atoms with Crippen LogP contribution in [0.3, 0.4) is 0 Å². The summed E-state index contributed by atoms with van der Waals surface area (Å²) in [6, 6.07) is 0. The van der Waals surface area contributed by atoms with E-state index in [2.05, 4.69) is 9.05 Å². The summed E-state index contributed by atoms with van der Waals surface area (Å²) in [6.07, 6.45) is 0.115. The molecule has 0 bridgehead atoms. The molecule has 0 aromatic carbocycles. The average Bonchev–Trinajstić information content (AvgIpc) is 2.20. The normalized spacial score (nSPS) is 13.3. The first-order chi connectivity index (χ1) is 7.20. The molecule has 0 spiro atoms. The van der Waals surface area contributed by atoms with E-state index >= 15 is 0 Å². The fourth-order valence-electron chi connectivity index (χ4n) is 0.472. The molecule has 0 atom stereocenters. The van der Waals surface area contributed by atoms with Crippen molar-refractivity contribution in [3.05, 3.63) is 0 Å². The van der Waals surface area contributed by atoms with Crippen LogP contribution < -0.4 is 0 Å². The van der Waals surface area contributed by atoms with E-state index in [0.717, 1.165) is 0 Å². The molecule has 0 aliphatic heterocycles. The second kappa shape index (κ2) is 8.43. The fraction of sp³-hybridized carbons (Fsp3) is 1.00. The van der Waals surface area contributed by atoms with Crippen LogP contribution in [0.15, 0.2) is 0 Å². The van der Waals surface area contributed by atoms with Gasteiger partial charge < -0.3 is 0 Å². The number of hydrogen-bond donors (Lipinski definition) is 3. The monoisotopic (exact) mass is 277 g/mol. The first-order valence-electron chi connectivity index (χ1n) is 5.19. The Balaban J connectivity index is 0. The second-order valence-electron chi connectivity index (χ2n) is 3.03. The third kappa shape index (κ3) is 12.4. The van der Waals surface area contributed by atoms with Gasteiger partial charge in [0.25, 0.3) is 0 Å². The predicted molar refractivity (Wildman–Crippen MR) is 65.5 cm³/mol. The van der Waals surface area contributed by atoms with Crippen LogP contribution in [0.2, 0.25) is 0 Å². The van der Waals surface area contributed by atoms with Gasteiger partial charge in [-0.3, -0.25) is 0 Å². The molecule has 0 unspecified atom stereocenters. The third-order valence-corrected chi connectivity index (χ3v) is 5.29. The van der Waals surface area contributed by atoms with Crippen molar-refractivity contribution in [2.75, 3.05) is 25.5 Å². The Labute approximate surface area is 97.7 Å². The van der Waals surface area contributed by atoms with E-state index in [-0.39, 0.29) is 12.3 Å². The van der Waals surface area contributed by atoms with Crippen LogP contribution in [0.25, 0.3) is 0 Å². The summed E-state index contributed by atoms with van der Waals surface area (Å²) in [7, 11) is -5.93. The molecule has 0 saturated carbocycles. The predicted octanol–water partition coefficient (Wildman–Crippen LogP) is 2.02. The zero-order valence-corrected chi connectivity index (χ0v) is 12.1. The van der Waals surface area contributed by atoms with Crippen molar-refractivity contribution in [3.8, 4) is 0 Å². The van der Waals surface area contributed by atoms with Gasteiger partial charge in [-0.1, -0.05) is 0 Å². The van der Waals surface area contributed by atoms with Crippen molar-refractivity contribution in [3.63, 3.8) is 0 Å². The Hall–Kier alpha value is 0.330. The minimum absolute atomic E-state index is 0.0576. The van der Waals surface area contributed by atoms with Crippen LogP contribution >= 0.6 is 15.5 Å². The van der Waals surface area contributed by atoms with Gasteiger partial charge in [-0.15, -0.1) is 9.05 Å². The third-order valence-electron chi connectivity index (χ3n) is 1.76. The van der Waals surface area contributed by atoms with Gasteiger partial charge in [0.15, 0.2) is 0 Å². The average molecular weight is 277 g/mol. The summed E-state index contributed by atoms with van der Waals surface area (Å²) in [5, 5.41) is 0. The molecule has 3 N–H and O–H groups in total. The maximum atomic E-state index is 10.3. The molecule has 16 heavy (non-hydrogen) atoms. The molecular formula is C8H23O6P2+. The summed E-state index contributed by atoms with van der Waals surface area (Å²) < 4.78 is 19.5. The van der Waals surface area contributed by atoms with Crippen molar-refractivity contribution in [1.29, 1.82) is 0 Å². The molecule has 0 aromatic rings. The van der Waals surface area contributed by atoms with E-state index in [4.69, 9.17) is 14.7 Å². The summed E-state index contributed by atoms with van der Waals surface area (Å²) >= 11 is 0. The van der Waals surface area contributed by atoms with Crippen molar-refractivity contribution < 1.29 is 28.3 Å². The fourth-order valence-corrected chi connectivity index (χ4v) is 1.42. The van der Waals surface area contributed by atoms with Crippen LogP contribution in [0.1, 0.15) is 27.7 Å². The Morgan fingerprint density at radius 2 is 1.25 bits per heavy atom. The van der Waals surface area contributed by atoms with Crippen LogP contribution in [0.5, 0.6) is 0 Å². The van der Waals surface area contributed by atoms with E-state index in [1.165, 1.54) is 0 Å². The van der Waals surface area contributed by atoms with Crippen molar-refractivity contribution in [2.45, 2.75) is 27.7 Å². The van der Waals surface area contributed by atoms with Gasteiger partial charge >= 0.3 is 56.4 Å². The minimum atomic E-state index is -4.10. The molecule has 8 heteroatoms. The van der Waals surface area contributed by atoms with E-state index in [9.17, 15) is 4.57 Å². The Bertz CT molecular complexity index is 184. The van der Waals surface area contributed by atoms with Gasteiger partial charge in [-0.05, 0) is 13.8 Å². The van der Waals surface area contributed by atoms with Crippen molar-refractivity contribution in [2.24, 2.45) is 0 Å². The molecule has 0 aromatic heterocycles. The molecule has 100 valence electrons. The van der Waals surface area contributed by atoms with E-state index < -0.39 is 15.5 Å². The SMILES string of the molecule is CCO[P+](=O)OCC.CCP(O)(O)(O)CC. The number of rotatable bonds is 6. The molecule has 0 radical (unpaired) electrons. The van der Waals surface area contributed by atoms with Crippen LogP contribution in [0.4, 0.5) is 0 Å². The van der Waals surface area contributed by atoms with Gasteiger partial charge in [0.1, 0.15) is 13.2 Å². The quantitative estimate of drug-likeness (QED) is 0.643. The molecule has 0 aliphatic carbocycles. The van der Waals surface area contributed by atoms with Crippen molar-refractivity contribution in [1.82, 2.24) is 0 Å². The molecule has 0 heterocycles. The summed E-state index contributed by atoms with van der Waals surface area (Å²) in [5.74, 6) is 0. The van der Waals surface area contributed by atoms with Crippen LogP contribution in [-0.2, 0) is 13.6 Å². The standard InChI is InChI=1S/C4H13O3P.C4H10O3P/c1-3-8(5,6,7)4-2;1-3-6-8(5)7-4-2/h5-7H,3-4H2,1-2H3;3-4H2,1-2H3/q;+1. The molecular weight excluding hydrogens is 254 g/mol. The van der Waals surface area contributed by atoms with Gasteiger partial charge in [0.2, 0.25) is 0 Å². The summed E-state index contributed by atoms with van der Waals surface area (Å²) in [4.78, 5) is 26.5. The van der Waals surface area contributed by atoms with Gasteiger partial charge in [-0.25, -0.2) is 0 Å². The van der Waals surface area contributed by atoms with E-state index in [0.29, 0.717) is 13.2 Å². The molecule has 0 saturated heterocycles. The summed E-state index contributed by atoms with van der Waals surface area (Å²) in [5.41, 5.74) is 0.